The number of rotatable bonds is 7. The summed E-state index contributed by atoms with van der Waals surface area (Å²) in [5.41, 5.74) is 0.868. The van der Waals surface area contributed by atoms with Crippen LogP contribution in [0.5, 0.6) is 23.0 Å². The van der Waals surface area contributed by atoms with Gasteiger partial charge in [-0.2, -0.15) is 0 Å². The summed E-state index contributed by atoms with van der Waals surface area (Å²) in [5, 5.41) is 11.3. The Morgan fingerprint density at radius 1 is 1.06 bits per heavy atom. The number of hydrogen-bond acceptors (Lipinski definition) is 8. The number of benzene rings is 2. The van der Waals surface area contributed by atoms with Crippen molar-refractivity contribution in [1.29, 1.82) is 0 Å². The quantitative estimate of drug-likeness (QED) is 0.376. The molecular formula is C25H28N2O7. The van der Waals surface area contributed by atoms with Crippen molar-refractivity contribution in [2.45, 2.75) is 6.04 Å². The standard InChI is InChI=1S/C25H28N2O7/c1-26(2)9-10-27-22(17-14-16(31-3)6-8-18(17)32-4)21(24(29)25(27)30)23(28)15-5-7-19-20(13-15)34-12-11-33-19/h5-8,13-14,22,28H,9-12H2,1-4H3/t22-/m0/s1. The molecule has 180 valence electrons. The number of carbonyl (C=O) groups is 2. The lowest BCUT2D eigenvalue weighted by atomic mass is 9.94. The van der Waals surface area contributed by atoms with Crippen LogP contribution in [0.25, 0.3) is 5.76 Å². The van der Waals surface area contributed by atoms with E-state index in [1.54, 1.807) is 36.4 Å². The van der Waals surface area contributed by atoms with Gasteiger partial charge >= 0.3 is 0 Å². The molecule has 0 unspecified atom stereocenters. The number of likely N-dealkylation sites (N-methyl/N-ethyl adjacent to an activating group) is 1. The van der Waals surface area contributed by atoms with E-state index in [1.165, 1.54) is 19.1 Å². The molecule has 2 heterocycles. The van der Waals surface area contributed by atoms with Gasteiger partial charge in [0.15, 0.2) is 11.5 Å². The molecule has 0 spiro atoms. The summed E-state index contributed by atoms with van der Waals surface area (Å²) in [5.74, 6) is 0.284. The van der Waals surface area contributed by atoms with Crippen LogP contribution in [0.1, 0.15) is 17.2 Å². The van der Waals surface area contributed by atoms with E-state index in [-0.39, 0.29) is 17.9 Å². The molecule has 2 aliphatic heterocycles. The average Bonchev–Trinajstić information content (AvgIpc) is 3.10. The van der Waals surface area contributed by atoms with Gasteiger partial charge in [0.25, 0.3) is 11.7 Å². The number of nitrogens with zero attached hydrogens (tertiary/aromatic N) is 2. The molecule has 1 atom stereocenters. The summed E-state index contributed by atoms with van der Waals surface area (Å²) in [4.78, 5) is 29.8. The monoisotopic (exact) mass is 468 g/mol. The molecule has 9 heteroatoms. The molecule has 2 aromatic rings. The van der Waals surface area contributed by atoms with Gasteiger partial charge in [-0.3, -0.25) is 9.59 Å². The molecule has 0 radical (unpaired) electrons. The van der Waals surface area contributed by atoms with Crippen molar-refractivity contribution in [2.24, 2.45) is 0 Å². The SMILES string of the molecule is COc1ccc(OC)c([C@H]2C(=C(O)c3ccc4c(c3)OCCO4)C(=O)C(=O)N2CCN(C)C)c1. The molecule has 9 nitrogen and oxygen atoms in total. The van der Waals surface area contributed by atoms with Crippen LogP contribution in [0.15, 0.2) is 42.0 Å². The third-order valence-electron chi connectivity index (χ3n) is 5.88. The van der Waals surface area contributed by atoms with E-state index in [2.05, 4.69) is 0 Å². The minimum absolute atomic E-state index is 0.0213. The number of hydrogen-bond donors (Lipinski definition) is 1. The predicted octanol–water partition coefficient (Wildman–Crippen LogP) is 2.46. The average molecular weight is 469 g/mol. The van der Waals surface area contributed by atoms with Crippen molar-refractivity contribution in [3.05, 3.63) is 53.1 Å². The lowest BCUT2D eigenvalue weighted by Crippen LogP contribution is -2.35. The van der Waals surface area contributed by atoms with Gasteiger partial charge in [-0.25, -0.2) is 0 Å². The molecule has 1 amide bonds. The van der Waals surface area contributed by atoms with Gasteiger partial charge in [0, 0.05) is 24.2 Å². The molecule has 0 saturated carbocycles. The number of ketones is 1. The van der Waals surface area contributed by atoms with Crippen LogP contribution < -0.4 is 18.9 Å². The first-order valence-electron chi connectivity index (χ1n) is 10.9. The van der Waals surface area contributed by atoms with Crippen molar-refractivity contribution in [3.63, 3.8) is 0 Å². The van der Waals surface area contributed by atoms with E-state index in [0.29, 0.717) is 53.9 Å². The summed E-state index contributed by atoms with van der Waals surface area (Å²) >= 11 is 0. The maximum absolute atomic E-state index is 13.3. The molecule has 1 fully saturated rings. The van der Waals surface area contributed by atoms with E-state index in [9.17, 15) is 14.7 Å². The van der Waals surface area contributed by atoms with Crippen molar-refractivity contribution in [2.75, 3.05) is 54.6 Å². The van der Waals surface area contributed by atoms with Crippen molar-refractivity contribution in [3.8, 4) is 23.0 Å². The lowest BCUT2D eigenvalue weighted by molar-refractivity contribution is -0.140. The van der Waals surface area contributed by atoms with E-state index in [0.717, 1.165) is 0 Å². The van der Waals surface area contributed by atoms with Crippen LogP contribution in [0.2, 0.25) is 0 Å². The number of fused-ring (bicyclic) bond motifs is 1. The molecule has 1 saturated heterocycles. The minimum Gasteiger partial charge on any atom is -0.507 e. The van der Waals surface area contributed by atoms with Crippen molar-refractivity contribution < 1.29 is 33.6 Å². The smallest absolute Gasteiger partial charge is 0.295 e. The fourth-order valence-electron chi connectivity index (χ4n) is 4.14. The third kappa shape index (κ3) is 4.26. The Morgan fingerprint density at radius 3 is 2.47 bits per heavy atom. The zero-order valence-electron chi connectivity index (χ0n) is 19.7. The number of likely N-dealkylation sites (tertiary alicyclic amines) is 1. The van der Waals surface area contributed by atoms with E-state index < -0.39 is 17.7 Å². The van der Waals surface area contributed by atoms with Gasteiger partial charge in [0.05, 0.1) is 25.8 Å². The molecule has 2 aromatic carbocycles. The Hall–Kier alpha value is -3.72. The first kappa shape index (κ1) is 23.4. The zero-order valence-corrected chi connectivity index (χ0v) is 19.7. The Morgan fingerprint density at radius 2 is 1.79 bits per heavy atom. The van der Waals surface area contributed by atoms with Gasteiger partial charge in [0.2, 0.25) is 0 Å². The molecule has 2 aliphatic rings. The highest BCUT2D eigenvalue weighted by Gasteiger charge is 2.47. The summed E-state index contributed by atoms with van der Waals surface area (Å²) in [6.45, 7) is 1.62. The second-order valence-corrected chi connectivity index (χ2v) is 8.26. The first-order chi connectivity index (χ1) is 16.3. The molecule has 0 aromatic heterocycles. The zero-order chi connectivity index (χ0) is 24.4. The Bertz CT molecular complexity index is 1140. The van der Waals surface area contributed by atoms with E-state index >= 15 is 0 Å². The number of methoxy groups -OCH3 is 2. The minimum atomic E-state index is -0.863. The molecule has 0 aliphatic carbocycles. The molecule has 34 heavy (non-hydrogen) atoms. The second-order valence-electron chi connectivity index (χ2n) is 8.26. The Balaban J connectivity index is 1.89. The van der Waals surface area contributed by atoms with E-state index in [4.69, 9.17) is 18.9 Å². The molecule has 1 N–H and O–H groups in total. The maximum atomic E-state index is 13.3. The summed E-state index contributed by atoms with van der Waals surface area (Å²) in [7, 11) is 6.81. The normalized spacial score (nSPS) is 19.0. The number of Topliss-reactive ketones (excluding diaryl/α,β-unsaturated/α-hetero) is 1. The van der Waals surface area contributed by atoms with Crippen LogP contribution in [-0.4, -0.2) is 81.2 Å². The predicted molar refractivity (Wildman–Crippen MR) is 125 cm³/mol. The van der Waals surface area contributed by atoms with Crippen LogP contribution in [-0.2, 0) is 9.59 Å². The van der Waals surface area contributed by atoms with E-state index in [1.807, 2.05) is 19.0 Å². The number of aliphatic hydroxyl groups is 1. The Labute approximate surface area is 198 Å². The van der Waals surface area contributed by atoms with Gasteiger partial charge in [-0.05, 0) is 50.5 Å². The maximum Gasteiger partial charge on any atom is 0.295 e. The number of amides is 1. The van der Waals surface area contributed by atoms with Crippen LogP contribution >= 0.6 is 0 Å². The third-order valence-corrected chi connectivity index (χ3v) is 5.88. The van der Waals surface area contributed by atoms with Gasteiger partial charge in [-0.1, -0.05) is 0 Å². The lowest BCUT2D eigenvalue weighted by Gasteiger charge is -2.28. The van der Waals surface area contributed by atoms with Crippen LogP contribution in [0.4, 0.5) is 0 Å². The highest BCUT2D eigenvalue weighted by atomic mass is 16.6. The summed E-state index contributed by atoms with van der Waals surface area (Å²) in [6, 6.07) is 9.21. The molecule has 4 rings (SSSR count). The fraction of sp³-hybridized carbons (Fsp3) is 0.360. The number of ether oxygens (including phenoxy) is 4. The molecular weight excluding hydrogens is 440 g/mol. The largest absolute Gasteiger partial charge is 0.507 e. The Kier molecular flexibility index (Phi) is 6.65. The fourth-order valence-corrected chi connectivity index (χ4v) is 4.14. The first-order valence-corrected chi connectivity index (χ1v) is 10.9. The topological polar surface area (TPSA) is 97.8 Å². The van der Waals surface area contributed by atoms with Gasteiger partial charge in [0.1, 0.15) is 30.5 Å². The highest BCUT2D eigenvalue weighted by molar-refractivity contribution is 6.46. The van der Waals surface area contributed by atoms with Crippen molar-refractivity contribution in [1.82, 2.24) is 9.80 Å². The summed E-state index contributed by atoms with van der Waals surface area (Å²) < 4.78 is 22.1. The molecule has 0 bridgehead atoms. The number of aliphatic hydroxyl groups excluding tert-OH is 1. The number of carbonyl (C=O) groups excluding carboxylic acids is 2. The second kappa shape index (κ2) is 9.64. The van der Waals surface area contributed by atoms with Crippen LogP contribution in [0.3, 0.4) is 0 Å². The van der Waals surface area contributed by atoms with Crippen LogP contribution in [0, 0.1) is 0 Å². The summed E-state index contributed by atoms with van der Waals surface area (Å²) in [6.07, 6.45) is 0. The van der Waals surface area contributed by atoms with Gasteiger partial charge in [-0.15, -0.1) is 0 Å². The van der Waals surface area contributed by atoms with Gasteiger partial charge < -0.3 is 33.9 Å². The highest BCUT2D eigenvalue weighted by Crippen LogP contribution is 2.44. The van der Waals surface area contributed by atoms with Crippen molar-refractivity contribution >= 4 is 17.4 Å².